The van der Waals surface area contributed by atoms with Crippen molar-refractivity contribution in [2.24, 2.45) is 5.73 Å². The van der Waals surface area contributed by atoms with E-state index < -0.39 is 35.8 Å². The molecule has 2 aromatic carbocycles. The Labute approximate surface area is 193 Å². The van der Waals surface area contributed by atoms with Crippen LogP contribution in [0.5, 0.6) is 0 Å². The quantitative estimate of drug-likeness (QED) is 0.505. The van der Waals surface area contributed by atoms with Crippen LogP contribution in [0, 0.1) is 0 Å². The number of thiophene rings is 1. The molecule has 9 heteroatoms. The number of benzene rings is 2. The molecule has 0 unspecified atom stereocenters. The molecule has 8 nitrogen and oxygen atoms in total. The molecule has 33 heavy (non-hydrogen) atoms. The fourth-order valence-electron chi connectivity index (χ4n) is 4.75. The lowest BCUT2D eigenvalue weighted by Gasteiger charge is -2.24. The molecule has 1 aliphatic heterocycles. The topological polar surface area (TPSA) is 122 Å². The third-order valence-electron chi connectivity index (χ3n) is 6.33. The molecule has 1 aromatic heterocycles. The number of carbonyl (C=O) groups excluding carboxylic acids is 4. The van der Waals surface area contributed by atoms with Gasteiger partial charge in [0.05, 0.1) is 5.56 Å². The first-order valence-corrected chi connectivity index (χ1v) is 11.5. The van der Waals surface area contributed by atoms with Gasteiger partial charge in [-0.05, 0) is 48.1 Å². The van der Waals surface area contributed by atoms with Crippen LogP contribution in [0.2, 0.25) is 0 Å². The molecule has 0 bridgehead atoms. The highest BCUT2D eigenvalue weighted by molar-refractivity contribution is 7.17. The normalized spacial score (nSPS) is 19.6. The molecule has 5 amide bonds. The molecule has 0 saturated carbocycles. The first-order chi connectivity index (χ1) is 15.8. The Balaban J connectivity index is 1.39. The Morgan fingerprint density at radius 2 is 1.91 bits per heavy atom. The van der Waals surface area contributed by atoms with Gasteiger partial charge in [-0.1, -0.05) is 42.5 Å². The molecule has 4 N–H and O–H groups in total. The van der Waals surface area contributed by atoms with Gasteiger partial charge in [-0.3, -0.25) is 19.3 Å². The SMILES string of the molecule is C[C@@]1(c2cccc3ccccc23)NC(=O)N(CC(=O)Nc2sc3c(c2C(N)=O)CCC3)C1=O. The highest BCUT2D eigenvalue weighted by Crippen LogP contribution is 2.39. The summed E-state index contributed by atoms with van der Waals surface area (Å²) in [4.78, 5) is 52.8. The maximum Gasteiger partial charge on any atom is 0.325 e. The Kier molecular flexibility index (Phi) is 4.93. The standard InChI is InChI=1S/C24H22N4O4S/c1-24(16-10-4-7-13-6-2-3-8-14(13)16)22(31)28(23(32)27-24)12-18(29)26-21-19(20(25)30)15-9-5-11-17(15)33-21/h2-4,6-8,10H,5,9,11-12H2,1H3,(H2,25,30)(H,26,29)(H,27,32)/t24-/m0/s1. The van der Waals surface area contributed by atoms with Crippen molar-refractivity contribution in [3.8, 4) is 0 Å². The fraction of sp³-hybridized carbons (Fsp3) is 0.250. The fourth-order valence-corrected chi connectivity index (χ4v) is 6.06. The Hall–Kier alpha value is -3.72. The third kappa shape index (κ3) is 3.36. The number of hydrogen-bond acceptors (Lipinski definition) is 5. The highest BCUT2D eigenvalue weighted by Gasteiger charge is 2.50. The number of amides is 5. The van der Waals surface area contributed by atoms with E-state index in [1.165, 1.54) is 11.3 Å². The van der Waals surface area contributed by atoms with Gasteiger partial charge in [0.15, 0.2) is 0 Å². The van der Waals surface area contributed by atoms with Crippen LogP contribution in [0.25, 0.3) is 10.8 Å². The predicted octanol–water partition coefficient (Wildman–Crippen LogP) is 2.89. The van der Waals surface area contributed by atoms with E-state index in [1.54, 1.807) is 13.0 Å². The second kappa shape index (κ2) is 7.70. The minimum atomic E-state index is -1.30. The van der Waals surface area contributed by atoms with E-state index >= 15 is 0 Å². The van der Waals surface area contributed by atoms with Crippen molar-refractivity contribution in [2.75, 3.05) is 11.9 Å². The van der Waals surface area contributed by atoms with Crippen LogP contribution in [0.15, 0.2) is 42.5 Å². The van der Waals surface area contributed by atoms with Gasteiger partial charge < -0.3 is 16.4 Å². The van der Waals surface area contributed by atoms with E-state index in [1.807, 2.05) is 36.4 Å². The summed E-state index contributed by atoms with van der Waals surface area (Å²) < 4.78 is 0. The number of aryl methyl sites for hydroxylation is 1. The summed E-state index contributed by atoms with van der Waals surface area (Å²) in [7, 11) is 0. The number of anilines is 1. The largest absolute Gasteiger partial charge is 0.365 e. The van der Waals surface area contributed by atoms with Crippen molar-refractivity contribution in [1.29, 1.82) is 0 Å². The van der Waals surface area contributed by atoms with Crippen LogP contribution in [-0.2, 0) is 28.0 Å². The number of nitrogens with one attached hydrogen (secondary N) is 2. The van der Waals surface area contributed by atoms with Gasteiger partial charge in [0.1, 0.15) is 17.1 Å². The molecule has 3 aromatic rings. The van der Waals surface area contributed by atoms with E-state index in [0.29, 0.717) is 16.1 Å². The van der Waals surface area contributed by atoms with Crippen molar-refractivity contribution >= 4 is 50.9 Å². The second-order valence-corrected chi connectivity index (χ2v) is 9.55. The Morgan fingerprint density at radius 1 is 1.15 bits per heavy atom. The number of imide groups is 1. The molecule has 0 radical (unpaired) electrons. The van der Waals surface area contributed by atoms with Crippen molar-refractivity contribution in [2.45, 2.75) is 31.7 Å². The van der Waals surface area contributed by atoms with Crippen LogP contribution in [0.3, 0.4) is 0 Å². The molecule has 1 saturated heterocycles. The molecule has 1 fully saturated rings. The lowest BCUT2D eigenvalue weighted by molar-refractivity contribution is -0.133. The smallest absolute Gasteiger partial charge is 0.325 e. The summed E-state index contributed by atoms with van der Waals surface area (Å²) in [6.07, 6.45) is 2.54. The summed E-state index contributed by atoms with van der Waals surface area (Å²) in [5.74, 6) is -1.67. The highest BCUT2D eigenvalue weighted by atomic mass is 32.1. The van der Waals surface area contributed by atoms with Crippen molar-refractivity contribution in [3.05, 3.63) is 64.0 Å². The van der Waals surface area contributed by atoms with E-state index in [-0.39, 0.29) is 0 Å². The Morgan fingerprint density at radius 3 is 2.70 bits per heavy atom. The lowest BCUT2D eigenvalue weighted by atomic mass is 9.88. The summed E-state index contributed by atoms with van der Waals surface area (Å²) in [6.45, 7) is 1.17. The zero-order chi connectivity index (χ0) is 23.3. The van der Waals surface area contributed by atoms with Crippen LogP contribution in [-0.4, -0.2) is 35.2 Å². The molecular formula is C24H22N4O4S. The molecule has 168 valence electrons. The summed E-state index contributed by atoms with van der Waals surface area (Å²) >= 11 is 1.33. The number of rotatable bonds is 5. The second-order valence-electron chi connectivity index (χ2n) is 8.45. The summed E-state index contributed by atoms with van der Waals surface area (Å²) in [5.41, 5.74) is 6.13. The predicted molar refractivity (Wildman–Crippen MR) is 125 cm³/mol. The van der Waals surface area contributed by atoms with Gasteiger partial charge in [0.25, 0.3) is 11.8 Å². The van der Waals surface area contributed by atoms with Crippen molar-refractivity contribution < 1.29 is 19.2 Å². The maximum absolute atomic E-state index is 13.3. The Bertz CT molecular complexity index is 1340. The number of fused-ring (bicyclic) bond motifs is 2. The van der Waals surface area contributed by atoms with Crippen LogP contribution >= 0.6 is 11.3 Å². The van der Waals surface area contributed by atoms with Crippen LogP contribution < -0.4 is 16.4 Å². The number of hydrogen-bond donors (Lipinski definition) is 3. The summed E-state index contributed by atoms with van der Waals surface area (Å²) in [6, 6.07) is 12.5. The first-order valence-electron chi connectivity index (χ1n) is 10.7. The molecule has 2 aliphatic rings. The van der Waals surface area contributed by atoms with E-state index in [0.717, 1.165) is 45.4 Å². The van der Waals surface area contributed by atoms with Crippen LogP contribution in [0.4, 0.5) is 9.80 Å². The maximum atomic E-state index is 13.3. The van der Waals surface area contributed by atoms with Gasteiger partial charge in [-0.25, -0.2) is 4.79 Å². The van der Waals surface area contributed by atoms with Gasteiger partial charge in [-0.2, -0.15) is 0 Å². The van der Waals surface area contributed by atoms with Crippen molar-refractivity contribution in [3.63, 3.8) is 0 Å². The molecular weight excluding hydrogens is 440 g/mol. The average molecular weight is 463 g/mol. The number of carbonyl (C=O) groups is 4. The zero-order valence-electron chi connectivity index (χ0n) is 17.9. The zero-order valence-corrected chi connectivity index (χ0v) is 18.8. The van der Waals surface area contributed by atoms with Gasteiger partial charge >= 0.3 is 6.03 Å². The number of primary amides is 1. The van der Waals surface area contributed by atoms with Gasteiger partial charge in [-0.15, -0.1) is 11.3 Å². The van der Waals surface area contributed by atoms with Gasteiger partial charge in [0.2, 0.25) is 5.91 Å². The monoisotopic (exact) mass is 462 g/mol. The van der Waals surface area contributed by atoms with E-state index in [4.69, 9.17) is 5.73 Å². The average Bonchev–Trinajstić information content (AvgIpc) is 3.42. The van der Waals surface area contributed by atoms with Gasteiger partial charge in [0, 0.05) is 4.88 Å². The van der Waals surface area contributed by atoms with Crippen LogP contribution in [0.1, 0.15) is 39.7 Å². The molecule has 1 atom stereocenters. The lowest BCUT2D eigenvalue weighted by Crippen LogP contribution is -2.42. The van der Waals surface area contributed by atoms with E-state index in [9.17, 15) is 19.2 Å². The van der Waals surface area contributed by atoms with Crippen molar-refractivity contribution in [1.82, 2.24) is 10.2 Å². The number of nitrogens with zero attached hydrogens (tertiary/aromatic N) is 1. The molecule has 2 heterocycles. The third-order valence-corrected chi connectivity index (χ3v) is 7.53. The molecule has 0 spiro atoms. The summed E-state index contributed by atoms with van der Waals surface area (Å²) in [5, 5.41) is 7.61. The molecule has 5 rings (SSSR count). The molecule has 1 aliphatic carbocycles. The minimum Gasteiger partial charge on any atom is -0.365 e. The minimum absolute atomic E-state index is 0.332. The number of urea groups is 1. The number of nitrogens with two attached hydrogens (primary N) is 1. The first kappa shape index (κ1) is 21.1. The van der Waals surface area contributed by atoms with E-state index in [2.05, 4.69) is 10.6 Å².